The van der Waals surface area contributed by atoms with Crippen LogP contribution in [0.4, 0.5) is 5.82 Å². The zero-order valence-electron chi connectivity index (χ0n) is 12.8. The van der Waals surface area contributed by atoms with Gasteiger partial charge in [-0.15, -0.1) is 10.2 Å². The Kier molecular flexibility index (Phi) is 5.08. The van der Waals surface area contributed by atoms with E-state index < -0.39 is 0 Å². The number of benzene rings is 1. The topological polar surface area (TPSA) is 66.9 Å². The molecule has 0 atom stereocenters. The van der Waals surface area contributed by atoms with Gasteiger partial charge in [0, 0.05) is 17.6 Å². The highest BCUT2D eigenvalue weighted by Gasteiger charge is 2.18. The average Bonchev–Trinajstić information content (AvgIpc) is 3.07. The third-order valence-electron chi connectivity index (χ3n) is 4.01. The standard InChI is InChI=1S/C17H19ClN4O/c18-14-8-4-1-5-12(14)11-19-16-10-9-15(21-22-16)17(23)20-13-6-2-3-7-13/h1,4-5,8-10,13H,2-3,6-7,11H2,(H,19,22)(H,20,23). The van der Waals surface area contributed by atoms with E-state index >= 15 is 0 Å². The number of anilines is 1. The average molecular weight is 331 g/mol. The number of aromatic nitrogens is 2. The molecule has 0 radical (unpaired) electrons. The van der Waals surface area contributed by atoms with Gasteiger partial charge in [0.2, 0.25) is 0 Å². The Morgan fingerprint density at radius 1 is 1.13 bits per heavy atom. The van der Waals surface area contributed by atoms with Crippen molar-refractivity contribution in [2.24, 2.45) is 0 Å². The van der Waals surface area contributed by atoms with Crippen molar-refractivity contribution in [1.82, 2.24) is 15.5 Å². The van der Waals surface area contributed by atoms with E-state index in [2.05, 4.69) is 20.8 Å². The molecule has 0 aliphatic heterocycles. The van der Waals surface area contributed by atoms with Crippen LogP contribution in [-0.2, 0) is 6.54 Å². The molecule has 1 saturated carbocycles. The van der Waals surface area contributed by atoms with Crippen LogP contribution in [0.3, 0.4) is 0 Å². The van der Waals surface area contributed by atoms with Gasteiger partial charge in [0.05, 0.1) is 0 Å². The van der Waals surface area contributed by atoms with E-state index in [4.69, 9.17) is 11.6 Å². The lowest BCUT2D eigenvalue weighted by molar-refractivity contribution is 0.0932. The van der Waals surface area contributed by atoms with E-state index in [1.807, 2.05) is 24.3 Å². The van der Waals surface area contributed by atoms with Gasteiger partial charge in [-0.1, -0.05) is 42.6 Å². The highest BCUT2D eigenvalue weighted by molar-refractivity contribution is 6.31. The molecular formula is C17H19ClN4O. The van der Waals surface area contributed by atoms with Gasteiger partial charge < -0.3 is 10.6 Å². The monoisotopic (exact) mass is 330 g/mol. The van der Waals surface area contributed by atoms with Gasteiger partial charge in [-0.05, 0) is 36.6 Å². The molecule has 23 heavy (non-hydrogen) atoms. The van der Waals surface area contributed by atoms with Crippen LogP contribution in [0.25, 0.3) is 0 Å². The zero-order valence-corrected chi connectivity index (χ0v) is 13.5. The van der Waals surface area contributed by atoms with E-state index in [1.54, 1.807) is 12.1 Å². The molecule has 6 heteroatoms. The first-order valence-corrected chi connectivity index (χ1v) is 8.22. The van der Waals surface area contributed by atoms with Crippen LogP contribution >= 0.6 is 11.6 Å². The van der Waals surface area contributed by atoms with Crippen molar-refractivity contribution in [2.45, 2.75) is 38.3 Å². The van der Waals surface area contributed by atoms with Crippen molar-refractivity contribution >= 4 is 23.3 Å². The molecule has 1 aromatic heterocycles. The summed E-state index contributed by atoms with van der Waals surface area (Å²) in [7, 11) is 0. The molecule has 0 bridgehead atoms. The van der Waals surface area contributed by atoms with E-state index in [0.717, 1.165) is 18.4 Å². The minimum absolute atomic E-state index is 0.151. The Morgan fingerprint density at radius 3 is 2.61 bits per heavy atom. The van der Waals surface area contributed by atoms with Crippen LogP contribution in [0.15, 0.2) is 36.4 Å². The minimum Gasteiger partial charge on any atom is -0.364 e. The molecule has 1 fully saturated rings. The molecule has 0 unspecified atom stereocenters. The van der Waals surface area contributed by atoms with Crippen LogP contribution in [0.5, 0.6) is 0 Å². The molecule has 1 aromatic carbocycles. The van der Waals surface area contributed by atoms with Crippen molar-refractivity contribution in [1.29, 1.82) is 0 Å². The summed E-state index contributed by atoms with van der Waals surface area (Å²) in [6.45, 7) is 0.558. The van der Waals surface area contributed by atoms with Crippen LogP contribution < -0.4 is 10.6 Å². The summed E-state index contributed by atoms with van der Waals surface area (Å²) in [4.78, 5) is 12.1. The van der Waals surface area contributed by atoms with Gasteiger partial charge in [-0.3, -0.25) is 4.79 Å². The molecule has 1 heterocycles. The summed E-state index contributed by atoms with van der Waals surface area (Å²) in [6, 6.07) is 11.4. The van der Waals surface area contributed by atoms with Crippen molar-refractivity contribution < 1.29 is 4.79 Å². The predicted octanol–water partition coefficient (Wildman–Crippen LogP) is 3.41. The third-order valence-corrected chi connectivity index (χ3v) is 4.37. The van der Waals surface area contributed by atoms with E-state index in [-0.39, 0.29) is 11.9 Å². The van der Waals surface area contributed by atoms with Gasteiger partial charge in [0.15, 0.2) is 5.69 Å². The van der Waals surface area contributed by atoms with Gasteiger partial charge >= 0.3 is 0 Å². The number of halogens is 1. The molecule has 0 spiro atoms. The van der Waals surface area contributed by atoms with Crippen LogP contribution in [0.1, 0.15) is 41.7 Å². The summed E-state index contributed by atoms with van der Waals surface area (Å²) in [5, 5.41) is 14.9. The zero-order chi connectivity index (χ0) is 16.1. The fourth-order valence-corrected chi connectivity index (χ4v) is 2.91. The summed E-state index contributed by atoms with van der Waals surface area (Å²) in [5.41, 5.74) is 1.33. The molecular weight excluding hydrogens is 312 g/mol. The number of nitrogens with zero attached hydrogens (tertiary/aromatic N) is 2. The van der Waals surface area contributed by atoms with Crippen LogP contribution in [0.2, 0.25) is 5.02 Å². The molecule has 2 aromatic rings. The first kappa shape index (κ1) is 15.7. The summed E-state index contributed by atoms with van der Waals surface area (Å²) in [6.07, 6.45) is 4.47. The Hall–Kier alpha value is -2.14. The number of amides is 1. The molecule has 1 aliphatic rings. The highest BCUT2D eigenvalue weighted by Crippen LogP contribution is 2.18. The number of carbonyl (C=O) groups is 1. The van der Waals surface area contributed by atoms with E-state index in [0.29, 0.717) is 23.1 Å². The number of carbonyl (C=O) groups excluding carboxylic acids is 1. The van der Waals surface area contributed by atoms with Crippen molar-refractivity contribution in [2.75, 3.05) is 5.32 Å². The number of rotatable bonds is 5. The molecule has 3 rings (SSSR count). The predicted molar refractivity (Wildman–Crippen MR) is 90.5 cm³/mol. The molecule has 1 aliphatic carbocycles. The Balaban J connectivity index is 1.56. The normalized spacial score (nSPS) is 14.7. The Labute approximate surface area is 140 Å². The van der Waals surface area contributed by atoms with Crippen molar-refractivity contribution in [3.63, 3.8) is 0 Å². The van der Waals surface area contributed by atoms with Crippen molar-refractivity contribution in [3.05, 3.63) is 52.7 Å². The van der Waals surface area contributed by atoms with Crippen LogP contribution in [-0.4, -0.2) is 22.1 Å². The second kappa shape index (κ2) is 7.42. The summed E-state index contributed by atoms with van der Waals surface area (Å²) < 4.78 is 0. The van der Waals surface area contributed by atoms with Gasteiger partial charge in [0.25, 0.3) is 5.91 Å². The fourth-order valence-electron chi connectivity index (χ4n) is 2.70. The van der Waals surface area contributed by atoms with Gasteiger partial charge in [-0.2, -0.15) is 0 Å². The van der Waals surface area contributed by atoms with Crippen LogP contribution in [0, 0.1) is 0 Å². The van der Waals surface area contributed by atoms with Crippen molar-refractivity contribution in [3.8, 4) is 0 Å². The number of nitrogens with one attached hydrogen (secondary N) is 2. The second-order valence-electron chi connectivity index (χ2n) is 5.70. The maximum Gasteiger partial charge on any atom is 0.272 e. The maximum absolute atomic E-state index is 12.1. The lowest BCUT2D eigenvalue weighted by Crippen LogP contribution is -2.33. The van der Waals surface area contributed by atoms with E-state index in [9.17, 15) is 4.79 Å². The minimum atomic E-state index is -0.151. The van der Waals surface area contributed by atoms with Gasteiger partial charge in [-0.25, -0.2) is 0 Å². The third kappa shape index (κ3) is 4.20. The SMILES string of the molecule is O=C(NC1CCCC1)c1ccc(NCc2ccccc2Cl)nn1. The lowest BCUT2D eigenvalue weighted by Gasteiger charge is -2.11. The maximum atomic E-state index is 12.1. The first-order chi connectivity index (χ1) is 11.2. The Bertz CT molecular complexity index is 669. The molecule has 5 nitrogen and oxygen atoms in total. The molecule has 2 N–H and O–H groups in total. The van der Waals surface area contributed by atoms with Gasteiger partial charge in [0.1, 0.15) is 5.82 Å². The quantitative estimate of drug-likeness (QED) is 0.881. The van der Waals surface area contributed by atoms with E-state index in [1.165, 1.54) is 12.8 Å². The highest BCUT2D eigenvalue weighted by atomic mass is 35.5. The first-order valence-electron chi connectivity index (χ1n) is 7.84. The fraction of sp³-hybridized carbons (Fsp3) is 0.353. The molecule has 1 amide bonds. The lowest BCUT2D eigenvalue weighted by atomic mass is 10.2. The summed E-state index contributed by atoms with van der Waals surface area (Å²) in [5.74, 6) is 0.462. The number of hydrogen-bond donors (Lipinski definition) is 2. The summed E-state index contributed by atoms with van der Waals surface area (Å²) >= 11 is 6.11. The second-order valence-corrected chi connectivity index (χ2v) is 6.11. The molecule has 120 valence electrons. The Morgan fingerprint density at radius 2 is 1.91 bits per heavy atom. The molecule has 0 saturated heterocycles. The smallest absolute Gasteiger partial charge is 0.272 e. The largest absolute Gasteiger partial charge is 0.364 e. The number of hydrogen-bond acceptors (Lipinski definition) is 4.